The summed E-state index contributed by atoms with van der Waals surface area (Å²) in [5.41, 5.74) is 0.901. The van der Waals surface area contributed by atoms with Crippen LogP contribution in [0.1, 0.15) is 38.3 Å². The second kappa shape index (κ2) is 7.18. The maximum Gasteiger partial charge on any atom is 0.417 e. The highest BCUT2D eigenvalue weighted by atomic mass is 16.6. The van der Waals surface area contributed by atoms with Gasteiger partial charge in [-0.05, 0) is 44.2 Å². The van der Waals surface area contributed by atoms with E-state index in [1.807, 2.05) is 50.3 Å². The summed E-state index contributed by atoms with van der Waals surface area (Å²) in [7, 11) is 0. The maximum absolute atomic E-state index is 12.6. The predicted molar refractivity (Wildman–Crippen MR) is 89.3 cm³/mol. The molecular weight excluding hydrogens is 306 g/mol. The second-order valence-corrected chi connectivity index (χ2v) is 6.56. The summed E-state index contributed by atoms with van der Waals surface area (Å²) >= 11 is 0. The van der Waals surface area contributed by atoms with Crippen LogP contribution in [0.3, 0.4) is 0 Å². The van der Waals surface area contributed by atoms with Crippen molar-refractivity contribution in [3.05, 3.63) is 48.0 Å². The van der Waals surface area contributed by atoms with Crippen LogP contribution < -0.4 is 0 Å². The van der Waals surface area contributed by atoms with Crippen molar-refractivity contribution < 1.29 is 19.1 Å². The van der Waals surface area contributed by atoms with Crippen molar-refractivity contribution >= 4 is 12.0 Å². The number of cyclic esters (lactones) is 1. The Morgan fingerprint density at radius 3 is 2.50 bits per heavy atom. The van der Waals surface area contributed by atoms with Gasteiger partial charge >= 0.3 is 6.09 Å². The number of imide groups is 1. The first-order valence-electron chi connectivity index (χ1n) is 8.43. The number of hydrogen-bond donors (Lipinski definition) is 0. The monoisotopic (exact) mass is 329 g/mol. The third-order valence-electron chi connectivity index (χ3n) is 4.54. The molecule has 2 heterocycles. The Balaban J connectivity index is 1.70. The van der Waals surface area contributed by atoms with Crippen molar-refractivity contribution in [2.75, 3.05) is 6.61 Å². The van der Waals surface area contributed by atoms with Crippen molar-refractivity contribution in [1.82, 2.24) is 4.90 Å². The molecule has 3 rings (SSSR count). The molecule has 0 spiro atoms. The Kier molecular flexibility index (Phi) is 5.00. The molecule has 2 saturated heterocycles. The molecule has 2 amide bonds. The predicted octanol–water partition coefficient (Wildman–Crippen LogP) is 3.47. The first kappa shape index (κ1) is 16.7. The third-order valence-corrected chi connectivity index (χ3v) is 4.54. The SMILES string of the molecule is C[C@@H]1CC(C=CC(=O)N2C(=O)OCC2c2ccccc2)C[C@H](C)O1. The summed E-state index contributed by atoms with van der Waals surface area (Å²) in [6.07, 6.45) is 5.00. The normalized spacial score (nSPS) is 30.6. The molecule has 0 saturated carbocycles. The van der Waals surface area contributed by atoms with E-state index in [1.54, 1.807) is 0 Å². The molecule has 0 aliphatic carbocycles. The Morgan fingerprint density at radius 2 is 1.83 bits per heavy atom. The van der Waals surface area contributed by atoms with Crippen molar-refractivity contribution in [2.24, 2.45) is 5.92 Å². The Morgan fingerprint density at radius 1 is 1.17 bits per heavy atom. The highest BCUT2D eigenvalue weighted by Crippen LogP contribution is 2.29. The highest BCUT2D eigenvalue weighted by Gasteiger charge is 2.38. The van der Waals surface area contributed by atoms with E-state index in [4.69, 9.17) is 9.47 Å². The summed E-state index contributed by atoms with van der Waals surface area (Å²) in [4.78, 5) is 25.7. The fourth-order valence-corrected chi connectivity index (χ4v) is 3.50. The van der Waals surface area contributed by atoms with Crippen LogP contribution >= 0.6 is 0 Å². The molecule has 2 fully saturated rings. The van der Waals surface area contributed by atoms with E-state index >= 15 is 0 Å². The lowest BCUT2D eigenvalue weighted by molar-refractivity contribution is -0.124. The fraction of sp³-hybridized carbons (Fsp3) is 0.474. The van der Waals surface area contributed by atoms with Gasteiger partial charge in [0, 0.05) is 0 Å². The van der Waals surface area contributed by atoms with Crippen molar-refractivity contribution in [3.63, 3.8) is 0 Å². The van der Waals surface area contributed by atoms with Crippen molar-refractivity contribution in [3.8, 4) is 0 Å². The van der Waals surface area contributed by atoms with Gasteiger partial charge in [0.2, 0.25) is 0 Å². The van der Waals surface area contributed by atoms with Crippen LogP contribution in [0, 0.1) is 5.92 Å². The first-order valence-corrected chi connectivity index (χ1v) is 8.43. The molecule has 5 heteroatoms. The van der Waals surface area contributed by atoms with Gasteiger partial charge in [-0.1, -0.05) is 36.4 Å². The molecule has 5 nitrogen and oxygen atoms in total. The van der Waals surface area contributed by atoms with Crippen LogP contribution in [0.25, 0.3) is 0 Å². The van der Waals surface area contributed by atoms with Crippen molar-refractivity contribution in [1.29, 1.82) is 0 Å². The van der Waals surface area contributed by atoms with Crippen LogP contribution in [-0.4, -0.2) is 35.7 Å². The van der Waals surface area contributed by atoms with Gasteiger partial charge in [0.05, 0.1) is 12.2 Å². The summed E-state index contributed by atoms with van der Waals surface area (Å²) in [6.45, 7) is 4.29. The first-order chi connectivity index (χ1) is 11.5. The molecule has 24 heavy (non-hydrogen) atoms. The van der Waals surface area contributed by atoms with Gasteiger partial charge in [0.1, 0.15) is 12.6 Å². The number of carbonyl (C=O) groups excluding carboxylic acids is 2. The maximum atomic E-state index is 12.6. The van der Waals surface area contributed by atoms with Crippen LogP contribution in [0.5, 0.6) is 0 Å². The Labute approximate surface area is 142 Å². The Hall–Kier alpha value is -2.14. The quantitative estimate of drug-likeness (QED) is 0.797. The minimum atomic E-state index is -0.577. The third kappa shape index (κ3) is 3.67. The number of rotatable bonds is 3. The van der Waals surface area contributed by atoms with Gasteiger partial charge in [0.25, 0.3) is 5.91 Å². The van der Waals surface area contributed by atoms with E-state index in [0.717, 1.165) is 18.4 Å². The molecule has 0 radical (unpaired) electrons. The van der Waals surface area contributed by atoms with Gasteiger partial charge in [-0.15, -0.1) is 0 Å². The highest BCUT2D eigenvalue weighted by molar-refractivity contribution is 5.99. The number of benzene rings is 1. The Bertz CT molecular complexity index is 618. The number of hydrogen-bond acceptors (Lipinski definition) is 4. The van der Waals surface area contributed by atoms with E-state index in [1.165, 1.54) is 11.0 Å². The van der Waals surface area contributed by atoms with E-state index in [2.05, 4.69) is 0 Å². The summed E-state index contributed by atoms with van der Waals surface area (Å²) in [5.74, 6) is -0.0281. The zero-order valence-electron chi connectivity index (χ0n) is 14.1. The van der Waals surface area contributed by atoms with E-state index < -0.39 is 6.09 Å². The zero-order valence-corrected chi connectivity index (χ0v) is 14.1. The topological polar surface area (TPSA) is 55.8 Å². The average Bonchev–Trinajstić information content (AvgIpc) is 2.94. The van der Waals surface area contributed by atoms with Crippen LogP contribution in [0.2, 0.25) is 0 Å². The standard InChI is InChI=1S/C19H23NO4/c1-13-10-15(11-14(2)24-13)8-9-18(21)20-17(12-23-19(20)22)16-6-4-3-5-7-16/h3-9,13-15,17H,10-12H2,1-2H3/t13-,14+,15?,17?. The minimum absolute atomic E-state index is 0.187. The molecule has 2 aliphatic heterocycles. The molecular formula is C19H23NO4. The van der Waals surface area contributed by atoms with Gasteiger partial charge in [0.15, 0.2) is 0 Å². The lowest BCUT2D eigenvalue weighted by Gasteiger charge is -2.30. The van der Waals surface area contributed by atoms with Crippen LogP contribution in [0.15, 0.2) is 42.5 Å². The molecule has 2 aliphatic rings. The lowest BCUT2D eigenvalue weighted by atomic mass is 9.92. The molecule has 0 aromatic heterocycles. The van der Waals surface area contributed by atoms with E-state index in [9.17, 15) is 9.59 Å². The molecule has 2 unspecified atom stereocenters. The smallest absolute Gasteiger partial charge is 0.417 e. The number of carbonyl (C=O) groups is 2. The van der Waals surface area contributed by atoms with Crippen LogP contribution in [0.4, 0.5) is 4.79 Å². The molecule has 0 bridgehead atoms. The minimum Gasteiger partial charge on any atom is -0.446 e. The lowest BCUT2D eigenvalue weighted by Crippen LogP contribution is -2.33. The van der Waals surface area contributed by atoms with Crippen LogP contribution in [-0.2, 0) is 14.3 Å². The number of nitrogens with zero attached hydrogens (tertiary/aromatic N) is 1. The molecule has 1 aromatic carbocycles. The van der Waals surface area contributed by atoms with E-state index in [0.29, 0.717) is 5.92 Å². The molecule has 4 atom stereocenters. The summed E-state index contributed by atoms with van der Waals surface area (Å²) in [6, 6.07) is 9.13. The molecule has 128 valence electrons. The molecule has 1 aromatic rings. The summed E-state index contributed by atoms with van der Waals surface area (Å²) in [5, 5.41) is 0. The van der Waals surface area contributed by atoms with Gasteiger partial charge in [-0.2, -0.15) is 0 Å². The number of amides is 2. The fourth-order valence-electron chi connectivity index (χ4n) is 3.50. The van der Waals surface area contributed by atoms with Gasteiger partial charge < -0.3 is 9.47 Å². The average molecular weight is 329 g/mol. The number of allylic oxidation sites excluding steroid dienone is 1. The second-order valence-electron chi connectivity index (χ2n) is 6.56. The zero-order chi connectivity index (χ0) is 17.1. The van der Waals surface area contributed by atoms with Gasteiger partial charge in [-0.25, -0.2) is 9.69 Å². The summed E-state index contributed by atoms with van der Waals surface area (Å²) < 4.78 is 10.8. The van der Waals surface area contributed by atoms with E-state index in [-0.39, 0.29) is 30.8 Å². The number of ether oxygens (including phenoxy) is 2. The largest absolute Gasteiger partial charge is 0.446 e. The van der Waals surface area contributed by atoms with Gasteiger partial charge in [-0.3, -0.25) is 4.79 Å². The van der Waals surface area contributed by atoms with Crippen molar-refractivity contribution in [2.45, 2.75) is 44.9 Å². The molecule has 0 N–H and O–H groups in total.